The fraction of sp³-hybridized carbons (Fsp3) is 0.333. The van der Waals surface area contributed by atoms with Crippen LogP contribution in [0.4, 0.5) is 10.1 Å². The molecule has 1 unspecified atom stereocenters. The molecule has 2 rings (SSSR count). The fourth-order valence-electron chi connectivity index (χ4n) is 2.99. The predicted molar refractivity (Wildman–Crippen MR) is 107 cm³/mol. The van der Waals surface area contributed by atoms with Crippen molar-refractivity contribution in [1.29, 1.82) is 0 Å². The van der Waals surface area contributed by atoms with Gasteiger partial charge in [0, 0.05) is 29.9 Å². The Morgan fingerprint density at radius 1 is 1.04 bits per heavy atom. The van der Waals surface area contributed by atoms with Gasteiger partial charge in [-0.15, -0.1) is 0 Å². The molecule has 0 spiro atoms. The molecule has 7 heteroatoms. The predicted octanol–water partition coefficient (Wildman–Crippen LogP) is 1.15. The molecule has 0 aliphatic carbocycles. The summed E-state index contributed by atoms with van der Waals surface area (Å²) in [5, 5.41) is 0. The number of likely N-dealkylation sites (N-methyl/N-ethyl adjacent to an activating group) is 1. The van der Waals surface area contributed by atoms with E-state index in [0.29, 0.717) is 12.1 Å². The summed E-state index contributed by atoms with van der Waals surface area (Å²) < 4.78 is 13.2. The molecule has 6 nitrogen and oxygen atoms in total. The van der Waals surface area contributed by atoms with E-state index < -0.39 is 0 Å². The summed E-state index contributed by atoms with van der Waals surface area (Å²) in [6, 6.07) is 13.5. The van der Waals surface area contributed by atoms with E-state index in [9.17, 15) is 14.0 Å². The number of rotatable bonds is 8. The van der Waals surface area contributed by atoms with Crippen molar-refractivity contribution in [3.8, 4) is 0 Å². The summed E-state index contributed by atoms with van der Waals surface area (Å²) in [5.41, 5.74) is 7.18. The highest BCUT2D eigenvalue weighted by atomic mass is 19.1. The molecule has 0 aromatic heterocycles. The maximum Gasteiger partial charge on any atom is 0.293 e. The van der Waals surface area contributed by atoms with Gasteiger partial charge in [0.15, 0.2) is 6.54 Å². The normalized spacial score (nSPS) is 11.6. The number of nitrogens with zero attached hydrogens (tertiary/aromatic N) is 1. The van der Waals surface area contributed by atoms with Gasteiger partial charge in [-0.25, -0.2) is 4.39 Å². The van der Waals surface area contributed by atoms with Crippen molar-refractivity contribution in [1.82, 2.24) is 10.9 Å². The fourth-order valence-corrected chi connectivity index (χ4v) is 2.99. The van der Waals surface area contributed by atoms with Crippen LogP contribution in [0.25, 0.3) is 0 Å². The van der Waals surface area contributed by atoms with Gasteiger partial charge in [-0.2, -0.15) is 0 Å². The van der Waals surface area contributed by atoms with E-state index in [2.05, 4.69) is 29.6 Å². The van der Waals surface area contributed by atoms with Crippen LogP contribution >= 0.6 is 0 Å². The van der Waals surface area contributed by atoms with E-state index in [1.165, 1.54) is 12.1 Å². The minimum atomic E-state index is -0.373. The van der Waals surface area contributed by atoms with Crippen molar-refractivity contribution in [3.05, 3.63) is 65.5 Å². The Labute approximate surface area is 165 Å². The van der Waals surface area contributed by atoms with Crippen LogP contribution in [0.1, 0.15) is 29.8 Å². The van der Waals surface area contributed by atoms with Crippen molar-refractivity contribution in [2.45, 2.75) is 20.4 Å². The van der Waals surface area contributed by atoms with Gasteiger partial charge in [0.25, 0.3) is 11.8 Å². The second-order valence-corrected chi connectivity index (χ2v) is 6.66. The van der Waals surface area contributed by atoms with Gasteiger partial charge in [0.2, 0.25) is 0 Å². The number of anilines is 1. The maximum atomic E-state index is 13.2. The molecule has 150 valence electrons. The number of hydrazine groups is 1. The number of carbonyl (C=O) groups is 2. The number of hydrogen-bond donors (Lipinski definition) is 3. The number of hydrogen-bond acceptors (Lipinski definition) is 3. The van der Waals surface area contributed by atoms with E-state index in [0.717, 1.165) is 29.2 Å². The van der Waals surface area contributed by atoms with Gasteiger partial charge in [-0.3, -0.25) is 20.4 Å². The van der Waals surface area contributed by atoms with Gasteiger partial charge in [0.1, 0.15) is 12.4 Å². The Morgan fingerprint density at radius 3 is 2.32 bits per heavy atom. The number of carbonyl (C=O) groups excluding carboxylic acids is 2. The lowest BCUT2D eigenvalue weighted by Gasteiger charge is -2.21. The first-order chi connectivity index (χ1) is 13.4. The van der Waals surface area contributed by atoms with Crippen molar-refractivity contribution < 1.29 is 18.9 Å². The van der Waals surface area contributed by atoms with E-state index >= 15 is 0 Å². The van der Waals surface area contributed by atoms with E-state index in [1.54, 1.807) is 18.2 Å². The van der Waals surface area contributed by atoms with Crippen molar-refractivity contribution in [2.75, 3.05) is 31.6 Å². The molecule has 0 aliphatic heterocycles. The zero-order valence-electron chi connectivity index (χ0n) is 16.6. The van der Waals surface area contributed by atoms with Gasteiger partial charge in [0.05, 0.1) is 7.05 Å². The Balaban J connectivity index is 1.80. The third kappa shape index (κ3) is 6.35. The summed E-state index contributed by atoms with van der Waals surface area (Å²) in [5.74, 6) is -0.988. The van der Waals surface area contributed by atoms with Crippen LogP contribution in [0.15, 0.2) is 48.5 Å². The first-order valence-electron chi connectivity index (χ1n) is 9.42. The molecule has 3 N–H and O–H groups in total. The largest absolute Gasteiger partial charge is 0.372 e. The van der Waals surface area contributed by atoms with Crippen LogP contribution in [0.2, 0.25) is 0 Å². The Bertz CT molecular complexity index is 791. The zero-order valence-corrected chi connectivity index (χ0v) is 16.6. The molecule has 1 atom stereocenters. The van der Waals surface area contributed by atoms with Crippen LogP contribution in [0.5, 0.6) is 0 Å². The molecular weight excluding hydrogens is 359 g/mol. The number of halogens is 1. The quantitative estimate of drug-likeness (QED) is 0.596. The molecule has 0 radical (unpaired) electrons. The van der Waals surface area contributed by atoms with Gasteiger partial charge in [-0.1, -0.05) is 12.1 Å². The van der Waals surface area contributed by atoms with Gasteiger partial charge in [-0.05, 0) is 50.2 Å². The second-order valence-electron chi connectivity index (χ2n) is 6.66. The second kappa shape index (κ2) is 10.4. The van der Waals surface area contributed by atoms with Crippen LogP contribution in [-0.4, -0.2) is 38.5 Å². The molecule has 28 heavy (non-hydrogen) atoms. The molecule has 0 saturated heterocycles. The smallest absolute Gasteiger partial charge is 0.293 e. The van der Waals surface area contributed by atoms with E-state index in [1.807, 2.05) is 25.2 Å². The molecule has 0 aliphatic rings. The van der Waals surface area contributed by atoms with Crippen LogP contribution in [-0.2, 0) is 11.3 Å². The lowest BCUT2D eigenvalue weighted by atomic mass is 10.2. The maximum absolute atomic E-state index is 13.2. The summed E-state index contributed by atoms with van der Waals surface area (Å²) in [6.45, 7) is 6.59. The standard InChI is InChI=1S/C21H27FN4O2/c1-4-26(5-2)19-11-9-17(10-12-19)21(28)24-23-20(27)15-25(3)14-16-7-6-8-18(22)13-16/h6-13H,4-5,14-15H2,1-3H3,(H,23,27)(H,24,28)/p+1. The summed E-state index contributed by atoms with van der Waals surface area (Å²) in [7, 11) is 1.83. The number of quaternary nitrogens is 1. The molecule has 0 bridgehead atoms. The minimum absolute atomic E-state index is 0.150. The zero-order chi connectivity index (χ0) is 20.5. The summed E-state index contributed by atoms with van der Waals surface area (Å²) in [4.78, 5) is 27.3. The first-order valence-corrected chi connectivity index (χ1v) is 9.42. The first kappa shape index (κ1) is 21.4. The third-order valence-corrected chi connectivity index (χ3v) is 4.43. The molecule has 0 fully saturated rings. The highest BCUT2D eigenvalue weighted by molar-refractivity contribution is 5.95. The van der Waals surface area contributed by atoms with Crippen LogP contribution in [0, 0.1) is 5.82 Å². The Morgan fingerprint density at radius 2 is 1.71 bits per heavy atom. The molecule has 2 amide bonds. The lowest BCUT2D eigenvalue weighted by molar-refractivity contribution is -0.885. The Hall–Kier alpha value is -2.93. The van der Waals surface area contributed by atoms with Crippen molar-refractivity contribution >= 4 is 17.5 Å². The number of amides is 2. The molecule has 2 aromatic carbocycles. The SMILES string of the molecule is CCN(CC)c1ccc(C(=O)NNC(=O)C[NH+](C)Cc2cccc(F)c2)cc1. The van der Waals surface area contributed by atoms with E-state index in [-0.39, 0.29) is 24.2 Å². The molecule has 2 aromatic rings. The molecule has 0 heterocycles. The topological polar surface area (TPSA) is 65.9 Å². The third-order valence-electron chi connectivity index (χ3n) is 4.43. The van der Waals surface area contributed by atoms with Crippen molar-refractivity contribution in [3.63, 3.8) is 0 Å². The average Bonchev–Trinajstić information content (AvgIpc) is 2.67. The molecular formula is C21H28FN4O2+. The highest BCUT2D eigenvalue weighted by Crippen LogP contribution is 2.14. The average molecular weight is 387 g/mol. The lowest BCUT2D eigenvalue weighted by Crippen LogP contribution is -3.09. The van der Waals surface area contributed by atoms with Crippen molar-refractivity contribution in [2.24, 2.45) is 0 Å². The van der Waals surface area contributed by atoms with Crippen LogP contribution in [0.3, 0.4) is 0 Å². The summed E-state index contributed by atoms with van der Waals surface area (Å²) >= 11 is 0. The molecule has 0 saturated carbocycles. The minimum Gasteiger partial charge on any atom is -0.372 e. The van der Waals surface area contributed by atoms with Crippen LogP contribution < -0.4 is 20.7 Å². The monoisotopic (exact) mass is 387 g/mol. The summed E-state index contributed by atoms with van der Waals surface area (Å²) in [6.07, 6.45) is 0. The number of benzene rings is 2. The van der Waals surface area contributed by atoms with Gasteiger partial charge >= 0.3 is 0 Å². The van der Waals surface area contributed by atoms with Gasteiger partial charge < -0.3 is 9.80 Å². The highest BCUT2D eigenvalue weighted by Gasteiger charge is 2.13. The number of nitrogens with one attached hydrogen (secondary N) is 3. The Kier molecular flexibility index (Phi) is 7.95. The van der Waals surface area contributed by atoms with E-state index in [4.69, 9.17) is 0 Å².